The molecule has 0 spiro atoms. The monoisotopic (exact) mass is 219 g/mol. The Morgan fingerprint density at radius 1 is 1.50 bits per heavy atom. The van der Waals surface area contributed by atoms with Crippen LogP contribution in [0.25, 0.3) is 0 Å². The van der Waals surface area contributed by atoms with Crippen LogP contribution in [0.4, 0.5) is 5.69 Å². The Morgan fingerprint density at radius 2 is 2.31 bits per heavy atom. The molecule has 1 aliphatic heterocycles. The lowest BCUT2D eigenvalue weighted by Gasteiger charge is -2.14. The molecule has 1 aromatic carbocycles. The molecule has 1 aromatic rings. The first-order valence-electron chi connectivity index (χ1n) is 5.21. The molecule has 0 saturated carbocycles. The largest absolute Gasteiger partial charge is 0.300 e. The summed E-state index contributed by atoms with van der Waals surface area (Å²) in [6.45, 7) is 1.97. The number of anilines is 1. The van der Waals surface area contributed by atoms with Gasteiger partial charge in [-0.05, 0) is 24.6 Å². The van der Waals surface area contributed by atoms with Crippen LogP contribution in [0.3, 0.4) is 0 Å². The Balaban J connectivity index is 2.21. The van der Waals surface area contributed by atoms with E-state index in [0.717, 1.165) is 5.56 Å². The van der Waals surface area contributed by atoms with E-state index >= 15 is 0 Å². The summed E-state index contributed by atoms with van der Waals surface area (Å²) >= 11 is 0. The zero-order valence-corrected chi connectivity index (χ0v) is 9.10. The highest BCUT2D eigenvalue weighted by molar-refractivity contribution is 5.93. The van der Waals surface area contributed by atoms with Gasteiger partial charge in [0.15, 0.2) is 0 Å². The SMILES string of the molecule is CC(=O)Cc1cccc(N2OCCC2=O)c1. The molecule has 0 bridgehead atoms. The van der Waals surface area contributed by atoms with Gasteiger partial charge in [-0.3, -0.25) is 14.4 Å². The lowest BCUT2D eigenvalue weighted by molar-refractivity contribution is -0.119. The van der Waals surface area contributed by atoms with Gasteiger partial charge in [0.25, 0.3) is 5.91 Å². The molecule has 0 aromatic heterocycles. The normalized spacial score (nSPS) is 15.6. The number of rotatable bonds is 3. The van der Waals surface area contributed by atoms with Crippen molar-refractivity contribution in [2.24, 2.45) is 0 Å². The third-order valence-corrected chi connectivity index (χ3v) is 2.36. The number of nitrogens with zero attached hydrogens (tertiary/aromatic N) is 1. The summed E-state index contributed by atoms with van der Waals surface area (Å²) in [6.07, 6.45) is 0.798. The van der Waals surface area contributed by atoms with Gasteiger partial charge in [-0.25, -0.2) is 0 Å². The van der Waals surface area contributed by atoms with E-state index in [-0.39, 0.29) is 11.7 Å². The summed E-state index contributed by atoms with van der Waals surface area (Å²) in [6, 6.07) is 7.30. The van der Waals surface area contributed by atoms with Gasteiger partial charge >= 0.3 is 0 Å². The number of amides is 1. The molecule has 0 N–H and O–H groups in total. The number of hydroxylamine groups is 1. The molecule has 1 aliphatic rings. The molecule has 1 fully saturated rings. The van der Waals surface area contributed by atoms with Crippen molar-refractivity contribution in [3.8, 4) is 0 Å². The van der Waals surface area contributed by atoms with Crippen LogP contribution < -0.4 is 5.06 Å². The maximum absolute atomic E-state index is 11.4. The van der Waals surface area contributed by atoms with Crippen molar-refractivity contribution in [2.75, 3.05) is 11.7 Å². The summed E-state index contributed by atoms with van der Waals surface area (Å²) in [4.78, 5) is 27.7. The van der Waals surface area contributed by atoms with Crippen molar-refractivity contribution in [1.29, 1.82) is 0 Å². The molecule has 4 nitrogen and oxygen atoms in total. The number of carbonyl (C=O) groups is 2. The van der Waals surface area contributed by atoms with Crippen LogP contribution in [0.5, 0.6) is 0 Å². The number of Topliss-reactive ketones (excluding diaryl/α,β-unsaturated/α-hetero) is 1. The van der Waals surface area contributed by atoms with Gasteiger partial charge in [-0.2, -0.15) is 5.06 Å². The second-order valence-corrected chi connectivity index (χ2v) is 3.82. The van der Waals surface area contributed by atoms with Crippen LogP contribution in [0, 0.1) is 0 Å². The lowest BCUT2D eigenvalue weighted by atomic mass is 10.1. The van der Waals surface area contributed by atoms with Crippen LogP contribution in [-0.4, -0.2) is 18.3 Å². The Hall–Kier alpha value is -1.68. The van der Waals surface area contributed by atoms with Crippen LogP contribution in [0.2, 0.25) is 0 Å². The first kappa shape index (κ1) is 10.8. The number of benzene rings is 1. The second-order valence-electron chi connectivity index (χ2n) is 3.82. The maximum atomic E-state index is 11.4. The average molecular weight is 219 g/mol. The van der Waals surface area contributed by atoms with Gasteiger partial charge < -0.3 is 0 Å². The highest BCUT2D eigenvalue weighted by atomic mass is 16.7. The minimum absolute atomic E-state index is 0.0417. The highest BCUT2D eigenvalue weighted by Gasteiger charge is 2.23. The van der Waals surface area contributed by atoms with Crippen molar-refractivity contribution < 1.29 is 14.4 Å². The van der Waals surface area contributed by atoms with Crippen molar-refractivity contribution in [1.82, 2.24) is 0 Å². The van der Waals surface area contributed by atoms with Gasteiger partial charge in [0.05, 0.1) is 18.7 Å². The molecular formula is C12H13NO3. The fourth-order valence-corrected chi connectivity index (χ4v) is 1.70. The lowest BCUT2D eigenvalue weighted by Crippen LogP contribution is -2.22. The van der Waals surface area contributed by atoms with Crippen LogP contribution >= 0.6 is 0 Å². The van der Waals surface area contributed by atoms with Gasteiger partial charge in [-0.15, -0.1) is 0 Å². The molecule has 2 rings (SSSR count). The molecule has 1 heterocycles. The van der Waals surface area contributed by atoms with Crippen LogP contribution in [-0.2, 0) is 20.8 Å². The van der Waals surface area contributed by atoms with E-state index in [1.54, 1.807) is 13.0 Å². The number of carbonyl (C=O) groups excluding carboxylic acids is 2. The molecule has 1 amide bonds. The van der Waals surface area contributed by atoms with Gasteiger partial charge in [0.2, 0.25) is 0 Å². The molecule has 1 saturated heterocycles. The summed E-state index contributed by atoms with van der Waals surface area (Å²) in [5.41, 5.74) is 1.59. The Morgan fingerprint density at radius 3 is 2.94 bits per heavy atom. The predicted molar refractivity (Wildman–Crippen MR) is 58.9 cm³/mol. The molecule has 0 unspecified atom stereocenters. The molecular weight excluding hydrogens is 206 g/mol. The second kappa shape index (κ2) is 4.45. The first-order chi connectivity index (χ1) is 7.66. The Kier molecular flexibility index (Phi) is 3.01. The van der Waals surface area contributed by atoms with E-state index in [9.17, 15) is 9.59 Å². The number of hydrogen-bond donors (Lipinski definition) is 0. The predicted octanol–water partition coefficient (Wildman–Crippen LogP) is 1.49. The summed E-state index contributed by atoms with van der Waals surface area (Å²) in [7, 11) is 0. The van der Waals surface area contributed by atoms with Crippen molar-refractivity contribution in [3.05, 3.63) is 29.8 Å². The zero-order valence-electron chi connectivity index (χ0n) is 9.10. The minimum Gasteiger partial charge on any atom is -0.300 e. The first-order valence-corrected chi connectivity index (χ1v) is 5.21. The molecule has 0 aliphatic carbocycles. The van der Waals surface area contributed by atoms with E-state index in [4.69, 9.17) is 4.84 Å². The number of ketones is 1. The zero-order chi connectivity index (χ0) is 11.5. The van der Waals surface area contributed by atoms with E-state index < -0.39 is 0 Å². The van der Waals surface area contributed by atoms with Gasteiger partial charge in [0, 0.05) is 6.42 Å². The maximum Gasteiger partial charge on any atom is 0.253 e. The minimum atomic E-state index is -0.0417. The highest BCUT2D eigenvalue weighted by Crippen LogP contribution is 2.21. The van der Waals surface area contributed by atoms with Crippen molar-refractivity contribution >= 4 is 17.4 Å². The Labute approximate surface area is 93.8 Å². The molecule has 84 valence electrons. The quantitative estimate of drug-likeness (QED) is 0.773. The molecule has 0 radical (unpaired) electrons. The average Bonchev–Trinajstić information content (AvgIpc) is 2.64. The molecule has 16 heavy (non-hydrogen) atoms. The van der Waals surface area contributed by atoms with E-state index in [2.05, 4.69) is 0 Å². The van der Waals surface area contributed by atoms with E-state index in [1.807, 2.05) is 18.2 Å². The fraction of sp³-hybridized carbons (Fsp3) is 0.333. The smallest absolute Gasteiger partial charge is 0.253 e. The van der Waals surface area contributed by atoms with Crippen LogP contribution in [0.15, 0.2) is 24.3 Å². The van der Waals surface area contributed by atoms with E-state index in [0.29, 0.717) is 25.1 Å². The van der Waals surface area contributed by atoms with Gasteiger partial charge in [-0.1, -0.05) is 12.1 Å². The standard InChI is InChI=1S/C12H13NO3/c1-9(14)7-10-3-2-4-11(8-10)13-12(15)5-6-16-13/h2-4,8H,5-7H2,1H3. The topological polar surface area (TPSA) is 46.6 Å². The third kappa shape index (κ3) is 2.28. The fourth-order valence-electron chi connectivity index (χ4n) is 1.70. The summed E-state index contributed by atoms with van der Waals surface area (Å²) in [5, 5.41) is 1.30. The molecule has 4 heteroatoms. The Bertz CT molecular complexity index is 428. The van der Waals surface area contributed by atoms with Crippen LogP contribution in [0.1, 0.15) is 18.9 Å². The molecule has 0 atom stereocenters. The third-order valence-electron chi connectivity index (χ3n) is 2.36. The van der Waals surface area contributed by atoms with Crippen molar-refractivity contribution in [3.63, 3.8) is 0 Å². The van der Waals surface area contributed by atoms with E-state index in [1.165, 1.54) is 5.06 Å². The summed E-state index contributed by atoms with van der Waals surface area (Å²) < 4.78 is 0. The van der Waals surface area contributed by atoms with Gasteiger partial charge in [0.1, 0.15) is 5.78 Å². The summed E-state index contributed by atoms with van der Waals surface area (Å²) in [5.74, 6) is 0.0609. The number of hydrogen-bond acceptors (Lipinski definition) is 3. The van der Waals surface area contributed by atoms with Crippen molar-refractivity contribution in [2.45, 2.75) is 19.8 Å².